The summed E-state index contributed by atoms with van der Waals surface area (Å²) >= 11 is 13.1. The number of nitrogens with one attached hydrogen (secondary N) is 1. The van der Waals surface area contributed by atoms with E-state index in [1.807, 2.05) is 12.1 Å². The van der Waals surface area contributed by atoms with Gasteiger partial charge in [-0.2, -0.15) is 0 Å². The maximum atomic E-state index is 13.7. The van der Waals surface area contributed by atoms with E-state index in [0.717, 1.165) is 48.8 Å². The van der Waals surface area contributed by atoms with E-state index in [2.05, 4.69) is 68.2 Å². The van der Waals surface area contributed by atoms with Gasteiger partial charge in [0, 0.05) is 22.0 Å². The molecule has 4 rings (SSSR count). The minimum absolute atomic E-state index is 0.0846. The second-order valence-electron chi connectivity index (χ2n) is 9.95. The highest BCUT2D eigenvalue weighted by Crippen LogP contribution is 2.57. The first kappa shape index (κ1) is 24.6. The molecular weight excluding hydrogens is 451 g/mol. The molecule has 2 aromatic rings. The van der Waals surface area contributed by atoms with Gasteiger partial charge in [0.05, 0.1) is 0 Å². The molecule has 1 heterocycles. The lowest BCUT2D eigenvalue weighted by atomic mass is 9.58. The Morgan fingerprint density at radius 1 is 1.06 bits per heavy atom. The van der Waals surface area contributed by atoms with Crippen molar-refractivity contribution in [2.24, 2.45) is 5.92 Å². The number of rotatable bonds is 7. The van der Waals surface area contributed by atoms with Crippen molar-refractivity contribution in [2.45, 2.75) is 76.8 Å². The van der Waals surface area contributed by atoms with E-state index in [0.29, 0.717) is 0 Å². The minimum atomic E-state index is -0.483. The van der Waals surface area contributed by atoms with Crippen LogP contribution in [0.25, 0.3) is 0 Å². The molecule has 1 aliphatic heterocycles. The molecule has 0 aromatic heterocycles. The normalized spacial score (nSPS) is 29.2. The van der Waals surface area contributed by atoms with Crippen molar-refractivity contribution in [3.8, 4) is 0 Å². The van der Waals surface area contributed by atoms with Crippen molar-refractivity contribution in [3.63, 3.8) is 0 Å². The Bertz CT molecular complexity index is 986. The molecule has 1 saturated heterocycles. The summed E-state index contributed by atoms with van der Waals surface area (Å²) in [5.74, 6) is 0.772. The summed E-state index contributed by atoms with van der Waals surface area (Å²) in [6.07, 6.45) is 3.85. The summed E-state index contributed by atoms with van der Waals surface area (Å²) in [5.41, 5.74) is 3.12. The SMILES string of the molecule is CCCN(CCC)[C@@]12CC[C@@H](c3ccc(C)cc3Cl)[C@H](c3ccc(Cl)cc3)[C@@H]1[C@@H](C)NC2=O. The number of fused-ring (bicyclic) bond motifs is 1. The number of halogens is 2. The van der Waals surface area contributed by atoms with Crippen molar-refractivity contribution in [1.29, 1.82) is 0 Å². The highest BCUT2D eigenvalue weighted by atomic mass is 35.5. The second-order valence-corrected chi connectivity index (χ2v) is 10.8. The van der Waals surface area contributed by atoms with E-state index in [1.54, 1.807) is 0 Å². The van der Waals surface area contributed by atoms with Gasteiger partial charge in [-0.25, -0.2) is 0 Å². The molecule has 33 heavy (non-hydrogen) atoms. The van der Waals surface area contributed by atoms with Crippen molar-refractivity contribution in [3.05, 3.63) is 69.2 Å². The zero-order chi connectivity index (χ0) is 23.8. The van der Waals surface area contributed by atoms with Crippen LogP contribution in [0.15, 0.2) is 42.5 Å². The first-order valence-electron chi connectivity index (χ1n) is 12.4. The predicted molar refractivity (Wildman–Crippen MR) is 138 cm³/mol. The van der Waals surface area contributed by atoms with Gasteiger partial charge in [-0.15, -0.1) is 0 Å². The first-order chi connectivity index (χ1) is 15.8. The van der Waals surface area contributed by atoms with E-state index >= 15 is 0 Å². The summed E-state index contributed by atoms with van der Waals surface area (Å²) < 4.78 is 0. The van der Waals surface area contributed by atoms with Crippen LogP contribution in [0.2, 0.25) is 10.0 Å². The summed E-state index contributed by atoms with van der Waals surface area (Å²) in [6.45, 7) is 10.6. The average Bonchev–Trinajstić information content (AvgIpc) is 3.04. The number of carbonyl (C=O) groups is 1. The van der Waals surface area contributed by atoms with Gasteiger partial charge in [-0.05, 0) is 99.3 Å². The van der Waals surface area contributed by atoms with Crippen LogP contribution in [0.1, 0.15) is 75.0 Å². The van der Waals surface area contributed by atoms with Crippen molar-refractivity contribution >= 4 is 29.1 Å². The molecule has 178 valence electrons. The minimum Gasteiger partial charge on any atom is -0.352 e. The van der Waals surface area contributed by atoms with Crippen LogP contribution in [0.4, 0.5) is 0 Å². The van der Waals surface area contributed by atoms with Crippen molar-refractivity contribution in [2.75, 3.05) is 13.1 Å². The van der Waals surface area contributed by atoms with E-state index in [9.17, 15) is 4.79 Å². The highest BCUT2D eigenvalue weighted by Gasteiger charge is 2.62. The fourth-order valence-corrected chi connectivity index (χ4v) is 7.15. The topological polar surface area (TPSA) is 32.3 Å². The summed E-state index contributed by atoms with van der Waals surface area (Å²) in [6, 6.07) is 14.8. The van der Waals surface area contributed by atoms with Gasteiger partial charge in [-0.3, -0.25) is 9.69 Å². The molecule has 5 atom stereocenters. The van der Waals surface area contributed by atoms with Crippen LogP contribution in [0.3, 0.4) is 0 Å². The van der Waals surface area contributed by atoms with Gasteiger partial charge in [0.15, 0.2) is 0 Å². The molecule has 1 N–H and O–H groups in total. The lowest BCUT2D eigenvalue weighted by Crippen LogP contribution is -2.61. The van der Waals surface area contributed by atoms with Gasteiger partial charge in [0.2, 0.25) is 5.91 Å². The lowest BCUT2D eigenvalue weighted by Gasteiger charge is -2.52. The van der Waals surface area contributed by atoms with Crippen LogP contribution in [-0.4, -0.2) is 35.5 Å². The van der Waals surface area contributed by atoms with Crippen LogP contribution in [-0.2, 0) is 4.79 Å². The second kappa shape index (κ2) is 9.98. The number of amides is 1. The van der Waals surface area contributed by atoms with Crippen LogP contribution in [0.5, 0.6) is 0 Å². The van der Waals surface area contributed by atoms with Gasteiger partial charge in [-0.1, -0.05) is 61.3 Å². The monoisotopic (exact) mass is 486 g/mol. The van der Waals surface area contributed by atoms with E-state index < -0.39 is 5.54 Å². The van der Waals surface area contributed by atoms with Crippen molar-refractivity contribution < 1.29 is 4.79 Å². The van der Waals surface area contributed by atoms with Gasteiger partial charge in [0.1, 0.15) is 5.54 Å². The van der Waals surface area contributed by atoms with Gasteiger partial charge >= 0.3 is 0 Å². The van der Waals surface area contributed by atoms with Crippen molar-refractivity contribution in [1.82, 2.24) is 10.2 Å². The third kappa shape index (κ3) is 4.33. The van der Waals surface area contributed by atoms with Gasteiger partial charge in [0.25, 0.3) is 0 Å². The van der Waals surface area contributed by atoms with Gasteiger partial charge < -0.3 is 5.32 Å². The van der Waals surface area contributed by atoms with E-state index in [4.69, 9.17) is 23.2 Å². The molecule has 1 aliphatic carbocycles. The number of hydrogen-bond donors (Lipinski definition) is 1. The largest absolute Gasteiger partial charge is 0.352 e. The maximum Gasteiger partial charge on any atom is 0.241 e. The fourth-order valence-electron chi connectivity index (χ4n) is 6.65. The predicted octanol–water partition coefficient (Wildman–Crippen LogP) is 6.96. The van der Waals surface area contributed by atoms with E-state index in [1.165, 1.54) is 16.7 Å². The molecule has 5 heteroatoms. The Kier molecular flexibility index (Phi) is 7.43. The smallest absolute Gasteiger partial charge is 0.241 e. The third-order valence-electron chi connectivity index (χ3n) is 7.86. The number of aryl methyl sites for hydroxylation is 1. The van der Waals surface area contributed by atoms with E-state index in [-0.39, 0.29) is 29.7 Å². The Morgan fingerprint density at radius 3 is 2.33 bits per heavy atom. The van der Waals surface area contributed by atoms with Crippen LogP contribution in [0, 0.1) is 12.8 Å². The molecule has 2 aliphatic rings. The molecule has 0 radical (unpaired) electrons. The molecule has 1 saturated carbocycles. The summed E-state index contributed by atoms with van der Waals surface area (Å²) in [7, 11) is 0. The Morgan fingerprint density at radius 2 is 1.73 bits per heavy atom. The standard InChI is InChI=1S/C28H36Cl2N2O/c1-5-15-32(16-6-2)28-14-13-23(22-12-7-18(3)17-24(22)30)25(20-8-10-21(29)11-9-20)26(28)19(4)31-27(28)33/h7-12,17,19,23,25-26H,5-6,13-16H2,1-4H3,(H,31,33)/t19-,23+,25+,26+,28+/m1/s1. The molecule has 0 unspecified atom stereocenters. The first-order valence-corrected chi connectivity index (χ1v) is 13.2. The highest BCUT2D eigenvalue weighted by molar-refractivity contribution is 6.31. The molecule has 2 fully saturated rings. The number of benzene rings is 2. The third-order valence-corrected chi connectivity index (χ3v) is 8.44. The molecule has 0 spiro atoms. The average molecular weight is 488 g/mol. The van der Waals surface area contributed by atoms with Crippen LogP contribution >= 0.6 is 23.2 Å². The summed E-state index contributed by atoms with van der Waals surface area (Å²) in [4.78, 5) is 16.2. The zero-order valence-corrected chi connectivity index (χ0v) is 21.7. The number of nitrogens with zero attached hydrogens (tertiary/aromatic N) is 1. The zero-order valence-electron chi connectivity index (χ0n) is 20.2. The Labute approximate surface area is 208 Å². The Hall–Kier alpha value is -1.55. The summed E-state index contributed by atoms with van der Waals surface area (Å²) in [5, 5.41) is 4.93. The number of hydrogen-bond acceptors (Lipinski definition) is 2. The van der Waals surface area contributed by atoms with Crippen LogP contribution < -0.4 is 5.32 Å². The number of carbonyl (C=O) groups excluding carboxylic acids is 1. The molecule has 2 aromatic carbocycles. The Balaban J connectivity index is 1.88. The molecule has 3 nitrogen and oxygen atoms in total. The lowest BCUT2D eigenvalue weighted by molar-refractivity contribution is -0.135. The quantitative estimate of drug-likeness (QED) is 0.458. The maximum absolute atomic E-state index is 13.7. The fraction of sp³-hybridized carbons (Fsp3) is 0.536. The molecule has 1 amide bonds. The molecular formula is C28H36Cl2N2O. The molecule has 0 bridgehead atoms.